The molecule has 0 heterocycles. The van der Waals surface area contributed by atoms with E-state index >= 15 is 0 Å². The third kappa shape index (κ3) is 4.15. The summed E-state index contributed by atoms with van der Waals surface area (Å²) in [6, 6.07) is 22.2. The van der Waals surface area contributed by atoms with Crippen molar-refractivity contribution in [3.8, 4) is 16.9 Å². The summed E-state index contributed by atoms with van der Waals surface area (Å²) in [6.45, 7) is 0. The molecular formula is C22H20N2O3. The molecule has 0 aromatic heterocycles. The molecule has 136 valence electrons. The van der Waals surface area contributed by atoms with Crippen molar-refractivity contribution in [3.63, 3.8) is 0 Å². The van der Waals surface area contributed by atoms with Crippen LogP contribution in [0.3, 0.4) is 0 Å². The van der Waals surface area contributed by atoms with Crippen molar-refractivity contribution in [2.75, 3.05) is 19.5 Å². The van der Waals surface area contributed by atoms with E-state index in [0.29, 0.717) is 22.6 Å². The lowest BCUT2D eigenvalue weighted by Gasteiger charge is -2.12. The third-order valence-electron chi connectivity index (χ3n) is 4.20. The Morgan fingerprint density at radius 1 is 0.815 bits per heavy atom. The first-order valence-electron chi connectivity index (χ1n) is 8.49. The summed E-state index contributed by atoms with van der Waals surface area (Å²) in [4.78, 5) is 24.7. The van der Waals surface area contributed by atoms with Gasteiger partial charge in [0.15, 0.2) is 0 Å². The zero-order chi connectivity index (χ0) is 19.2. The molecule has 5 heteroatoms. The molecule has 3 rings (SSSR count). The van der Waals surface area contributed by atoms with Crippen molar-refractivity contribution in [1.29, 1.82) is 0 Å². The van der Waals surface area contributed by atoms with E-state index in [4.69, 9.17) is 4.74 Å². The molecule has 3 aromatic carbocycles. The van der Waals surface area contributed by atoms with E-state index in [0.717, 1.165) is 11.1 Å². The largest absolute Gasteiger partial charge is 0.497 e. The van der Waals surface area contributed by atoms with Crippen LogP contribution in [-0.2, 0) is 0 Å². The van der Waals surface area contributed by atoms with Crippen molar-refractivity contribution < 1.29 is 14.3 Å². The Morgan fingerprint density at radius 2 is 1.48 bits per heavy atom. The van der Waals surface area contributed by atoms with Crippen molar-refractivity contribution in [2.45, 2.75) is 0 Å². The van der Waals surface area contributed by atoms with Gasteiger partial charge in [-0.2, -0.15) is 0 Å². The Hall–Kier alpha value is -3.60. The molecule has 0 unspecified atom stereocenters. The summed E-state index contributed by atoms with van der Waals surface area (Å²) >= 11 is 0. The molecule has 27 heavy (non-hydrogen) atoms. The van der Waals surface area contributed by atoms with Crippen molar-refractivity contribution in [3.05, 3.63) is 83.9 Å². The van der Waals surface area contributed by atoms with Gasteiger partial charge >= 0.3 is 0 Å². The fraction of sp³-hybridized carbons (Fsp3) is 0.0909. The van der Waals surface area contributed by atoms with Gasteiger partial charge in [0, 0.05) is 12.6 Å². The highest BCUT2D eigenvalue weighted by molar-refractivity contribution is 6.09. The van der Waals surface area contributed by atoms with Gasteiger partial charge in [0.1, 0.15) is 5.75 Å². The molecule has 0 radical (unpaired) electrons. The van der Waals surface area contributed by atoms with Gasteiger partial charge in [-0.15, -0.1) is 0 Å². The van der Waals surface area contributed by atoms with Crippen LogP contribution in [0.2, 0.25) is 0 Å². The molecule has 0 saturated heterocycles. The van der Waals surface area contributed by atoms with Crippen molar-refractivity contribution >= 4 is 17.5 Å². The van der Waals surface area contributed by atoms with Gasteiger partial charge in [0.05, 0.1) is 18.4 Å². The van der Waals surface area contributed by atoms with Gasteiger partial charge in [-0.25, -0.2) is 0 Å². The number of methoxy groups -OCH3 is 1. The Bertz CT molecular complexity index is 951. The van der Waals surface area contributed by atoms with Gasteiger partial charge in [-0.3, -0.25) is 9.59 Å². The lowest BCUT2D eigenvalue weighted by atomic mass is 10.0. The second-order valence-electron chi connectivity index (χ2n) is 5.89. The lowest BCUT2D eigenvalue weighted by Crippen LogP contribution is -2.21. The molecule has 5 nitrogen and oxygen atoms in total. The minimum Gasteiger partial charge on any atom is -0.497 e. The molecule has 0 aliphatic rings. The van der Waals surface area contributed by atoms with Gasteiger partial charge in [0.25, 0.3) is 11.8 Å². The number of carbonyl (C=O) groups is 2. The van der Waals surface area contributed by atoms with Crippen LogP contribution in [0.1, 0.15) is 20.7 Å². The Balaban J connectivity index is 1.82. The van der Waals surface area contributed by atoms with E-state index in [9.17, 15) is 9.59 Å². The van der Waals surface area contributed by atoms with Gasteiger partial charge in [-0.1, -0.05) is 42.5 Å². The zero-order valence-electron chi connectivity index (χ0n) is 15.2. The van der Waals surface area contributed by atoms with Crippen molar-refractivity contribution in [2.24, 2.45) is 0 Å². The Kier molecular flexibility index (Phi) is 5.52. The second kappa shape index (κ2) is 8.19. The molecule has 0 saturated carbocycles. The molecule has 3 aromatic rings. The topological polar surface area (TPSA) is 67.4 Å². The van der Waals surface area contributed by atoms with E-state index in [1.807, 2.05) is 42.5 Å². The maximum absolute atomic E-state index is 12.6. The quantitative estimate of drug-likeness (QED) is 0.723. The Labute approximate surface area is 158 Å². The summed E-state index contributed by atoms with van der Waals surface area (Å²) in [6.07, 6.45) is 0. The maximum Gasteiger partial charge on any atom is 0.255 e. The summed E-state index contributed by atoms with van der Waals surface area (Å²) in [7, 11) is 3.06. The molecule has 0 spiro atoms. The summed E-state index contributed by atoms with van der Waals surface area (Å²) in [5, 5.41) is 5.36. The van der Waals surface area contributed by atoms with Crippen molar-refractivity contribution in [1.82, 2.24) is 5.32 Å². The summed E-state index contributed by atoms with van der Waals surface area (Å²) < 4.78 is 5.16. The average Bonchev–Trinajstić information content (AvgIpc) is 2.74. The molecular weight excluding hydrogens is 340 g/mol. The smallest absolute Gasteiger partial charge is 0.255 e. The van der Waals surface area contributed by atoms with E-state index in [1.54, 1.807) is 30.3 Å². The van der Waals surface area contributed by atoms with Crippen LogP contribution < -0.4 is 15.4 Å². The fourth-order valence-corrected chi connectivity index (χ4v) is 2.72. The standard InChI is InChI=1S/C22H20N2O3/c1-23-22(26)19-14-18(27-2)12-13-20(19)24-21(25)17-10-8-16(9-11-17)15-6-4-3-5-7-15/h3-14H,1-2H3,(H,23,26)(H,24,25). The highest BCUT2D eigenvalue weighted by Gasteiger charge is 2.15. The fourth-order valence-electron chi connectivity index (χ4n) is 2.72. The first kappa shape index (κ1) is 18.2. The van der Waals surface area contributed by atoms with Crippen LogP contribution in [-0.4, -0.2) is 26.0 Å². The number of rotatable bonds is 5. The number of hydrogen-bond donors (Lipinski definition) is 2. The zero-order valence-corrected chi connectivity index (χ0v) is 15.2. The van der Waals surface area contributed by atoms with E-state index in [2.05, 4.69) is 10.6 Å². The van der Waals surface area contributed by atoms with Crippen LogP contribution in [0.15, 0.2) is 72.8 Å². The number of ether oxygens (including phenoxy) is 1. The molecule has 0 aliphatic heterocycles. The van der Waals surface area contributed by atoms with Gasteiger partial charge < -0.3 is 15.4 Å². The molecule has 0 fully saturated rings. The normalized spacial score (nSPS) is 10.1. The molecule has 0 bridgehead atoms. The predicted octanol–water partition coefficient (Wildman–Crippen LogP) is 3.97. The van der Waals surface area contributed by atoms with Crippen LogP contribution in [0.25, 0.3) is 11.1 Å². The second-order valence-corrected chi connectivity index (χ2v) is 5.89. The third-order valence-corrected chi connectivity index (χ3v) is 4.20. The molecule has 2 amide bonds. The number of hydrogen-bond acceptors (Lipinski definition) is 3. The van der Waals surface area contributed by atoms with Crippen LogP contribution in [0, 0.1) is 0 Å². The lowest BCUT2D eigenvalue weighted by molar-refractivity contribution is 0.0963. The monoisotopic (exact) mass is 360 g/mol. The van der Waals surface area contributed by atoms with Crippen LogP contribution >= 0.6 is 0 Å². The predicted molar refractivity (Wildman–Crippen MR) is 106 cm³/mol. The highest BCUT2D eigenvalue weighted by atomic mass is 16.5. The molecule has 2 N–H and O–H groups in total. The number of carbonyl (C=O) groups excluding carboxylic acids is 2. The average molecular weight is 360 g/mol. The number of benzene rings is 3. The SMILES string of the molecule is CNC(=O)c1cc(OC)ccc1NC(=O)c1ccc(-c2ccccc2)cc1. The number of amides is 2. The molecule has 0 atom stereocenters. The van der Waals surface area contributed by atoms with E-state index < -0.39 is 0 Å². The Morgan fingerprint density at radius 3 is 2.11 bits per heavy atom. The summed E-state index contributed by atoms with van der Waals surface area (Å²) in [5.74, 6) is -0.0487. The first-order valence-corrected chi connectivity index (χ1v) is 8.49. The minimum atomic E-state index is -0.302. The van der Waals surface area contributed by atoms with Crippen LogP contribution in [0.4, 0.5) is 5.69 Å². The number of anilines is 1. The number of nitrogens with one attached hydrogen (secondary N) is 2. The van der Waals surface area contributed by atoms with Crippen LogP contribution in [0.5, 0.6) is 5.75 Å². The van der Waals surface area contributed by atoms with Gasteiger partial charge in [0.2, 0.25) is 0 Å². The minimum absolute atomic E-state index is 0.287. The molecule has 0 aliphatic carbocycles. The maximum atomic E-state index is 12.6. The van der Waals surface area contributed by atoms with Gasteiger partial charge in [-0.05, 0) is 41.5 Å². The van der Waals surface area contributed by atoms with E-state index in [1.165, 1.54) is 14.2 Å². The highest BCUT2D eigenvalue weighted by Crippen LogP contribution is 2.24. The summed E-state index contributed by atoms with van der Waals surface area (Å²) in [5.41, 5.74) is 3.39. The van der Waals surface area contributed by atoms with E-state index in [-0.39, 0.29) is 11.8 Å². The first-order chi connectivity index (χ1) is 13.1.